The second-order valence-electron chi connectivity index (χ2n) is 5.38. The van der Waals surface area contributed by atoms with E-state index in [0.29, 0.717) is 18.2 Å². The molecule has 0 bridgehead atoms. The van der Waals surface area contributed by atoms with Crippen LogP contribution in [0, 0.1) is 13.8 Å². The van der Waals surface area contributed by atoms with Crippen LogP contribution in [0.25, 0.3) is 0 Å². The number of hydrogen-bond acceptors (Lipinski definition) is 5. The summed E-state index contributed by atoms with van der Waals surface area (Å²) < 4.78 is 31.7. The van der Waals surface area contributed by atoms with Crippen molar-refractivity contribution in [1.29, 1.82) is 0 Å². The Morgan fingerprint density at radius 3 is 2.80 bits per heavy atom. The molecule has 1 aliphatic heterocycles. The summed E-state index contributed by atoms with van der Waals surface area (Å²) in [5.74, 6) is 0.827. The summed E-state index contributed by atoms with van der Waals surface area (Å²) >= 11 is 0. The van der Waals surface area contributed by atoms with E-state index in [0.717, 1.165) is 24.2 Å². The SMILES string of the molecule is Cc1noc(C)c1CNS(=O)(=O)CCC1CCCCN1. The van der Waals surface area contributed by atoms with Gasteiger partial charge >= 0.3 is 0 Å². The highest BCUT2D eigenvalue weighted by molar-refractivity contribution is 7.89. The van der Waals surface area contributed by atoms with E-state index in [-0.39, 0.29) is 12.3 Å². The van der Waals surface area contributed by atoms with Gasteiger partial charge in [0.2, 0.25) is 10.0 Å². The smallest absolute Gasteiger partial charge is 0.211 e. The van der Waals surface area contributed by atoms with Crippen LogP contribution >= 0.6 is 0 Å². The molecule has 2 N–H and O–H groups in total. The fourth-order valence-corrected chi connectivity index (χ4v) is 3.58. The Bertz CT molecular complexity index is 514. The van der Waals surface area contributed by atoms with Crippen molar-refractivity contribution in [3.8, 4) is 0 Å². The maximum atomic E-state index is 12.0. The molecule has 0 saturated carbocycles. The molecule has 2 heterocycles. The number of piperidine rings is 1. The fraction of sp³-hybridized carbons (Fsp3) is 0.769. The van der Waals surface area contributed by atoms with E-state index in [2.05, 4.69) is 15.2 Å². The Hall–Kier alpha value is -0.920. The molecule has 0 aromatic carbocycles. The first-order valence-corrected chi connectivity index (χ1v) is 8.75. The molecule has 0 aliphatic carbocycles. The van der Waals surface area contributed by atoms with Gasteiger partial charge in [0.05, 0.1) is 11.4 Å². The lowest BCUT2D eigenvalue weighted by molar-refractivity contribution is 0.391. The molecule has 7 heteroatoms. The fourth-order valence-electron chi connectivity index (χ4n) is 2.48. The van der Waals surface area contributed by atoms with Crippen molar-refractivity contribution < 1.29 is 12.9 Å². The quantitative estimate of drug-likeness (QED) is 0.826. The van der Waals surface area contributed by atoms with Gasteiger partial charge in [0, 0.05) is 18.2 Å². The van der Waals surface area contributed by atoms with Gasteiger partial charge in [0.15, 0.2) is 0 Å². The normalized spacial score (nSPS) is 20.2. The molecule has 1 aliphatic rings. The van der Waals surface area contributed by atoms with Crippen molar-refractivity contribution in [3.63, 3.8) is 0 Å². The van der Waals surface area contributed by atoms with Crippen LogP contribution in [0.5, 0.6) is 0 Å². The van der Waals surface area contributed by atoms with Crippen molar-refractivity contribution in [2.24, 2.45) is 0 Å². The average Bonchev–Trinajstić information content (AvgIpc) is 2.75. The third kappa shape index (κ3) is 4.29. The lowest BCUT2D eigenvalue weighted by Gasteiger charge is -2.23. The zero-order valence-electron chi connectivity index (χ0n) is 12.1. The first-order chi connectivity index (χ1) is 9.48. The van der Waals surface area contributed by atoms with Crippen molar-refractivity contribution in [2.45, 2.75) is 52.1 Å². The number of nitrogens with one attached hydrogen (secondary N) is 2. The molecule has 114 valence electrons. The van der Waals surface area contributed by atoms with Crippen LogP contribution in [-0.4, -0.2) is 31.9 Å². The van der Waals surface area contributed by atoms with Crippen LogP contribution in [0.2, 0.25) is 0 Å². The number of aromatic nitrogens is 1. The summed E-state index contributed by atoms with van der Waals surface area (Å²) in [7, 11) is -3.25. The molecule has 1 aromatic heterocycles. The van der Waals surface area contributed by atoms with Gasteiger partial charge in [-0.1, -0.05) is 11.6 Å². The summed E-state index contributed by atoms with van der Waals surface area (Å²) in [6, 6.07) is 0.333. The van der Waals surface area contributed by atoms with E-state index < -0.39 is 10.0 Å². The number of sulfonamides is 1. The molecule has 1 aromatic rings. The molecule has 20 heavy (non-hydrogen) atoms. The Balaban J connectivity index is 1.81. The lowest BCUT2D eigenvalue weighted by atomic mass is 10.0. The molecule has 1 fully saturated rings. The van der Waals surface area contributed by atoms with Gasteiger partial charge in [0.1, 0.15) is 5.76 Å². The van der Waals surface area contributed by atoms with Gasteiger partial charge in [-0.2, -0.15) is 0 Å². The van der Waals surface area contributed by atoms with Crippen LogP contribution in [0.4, 0.5) is 0 Å². The highest BCUT2D eigenvalue weighted by Gasteiger charge is 2.18. The maximum Gasteiger partial charge on any atom is 0.211 e. The van der Waals surface area contributed by atoms with Gasteiger partial charge in [-0.25, -0.2) is 13.1 Å². The van der Waals surface area contributed by atoms with Crippen LogP contribution in [0.15, 0.2) is 4.52 Å². The molecule has 1 saturated heterocycles. The van der Waals surface area contributed by atoms with Gasteiger partial charge in [-0.15, -0.1) is 0 Å². The van der Waals surface area contributed by atoms with E-state index in [4.69, 9.17) is 4.52 Å². The van der Waals surface area contributed by atoms with Crippen molar-refractivity contribution in [3.05, 3.63) is 17.0 Å². The summed E-state index contributed by atoms with van der Waals surface area (Å²) in [4.78, 5) is 0. The Morgan fingerprint density at radius 1 is 1.40 bits per heavy atom. The van der Waals surface area contributed by atoms with Crippen molar-refractivity contribution in [2.75, 3.05) is 12.3 Å². The van der Waals surface area contributed by atoms with E-state index in [1.54, 1.807) is 6.92 Å². The topological polar surface area (TPSA) is 84.2 Å². The highest BCUT2D eigenvalue weighted by atomic mass is 32.2. The Kier molecular flexibility index (Phi) is 5.17. The monoisotopic (exact) mass is 301 g/mol. The lowest BCUT2D eigenvalue weighted by Crippen LogP contribution is -2.37. The largest absolute Gasteiger partial charge is 0.361 e. The zero-order chi connectivity index (χ0) is 14.6. The Morgan fingerprint density at radius 2 is 2.20 bits per heavy atom. The number of aryl methyl sites for hydroxylation is 2. The summed E-state index contributed by atoms with van der Waals surface area (Å²) in [6.07, 6.45) is 4.11. The maximum absolute atomic E-state index is 12.0. The molecule has 0 radical (unpaired) electrons. The summed E-state index contributed by atoms with van der Waals surface area (Å²) in [6.45, 7) is 4.85. The standard InChI is InChI=1S/C13H23N3O3S/c1-10-13(11(2)19-16-10)9-15-20(17,18)8-6-12-5-3-4-7-14-12/h12,14-15H,3-9H2,1-2H3. The number of nitrogens with zero attached hydrogens (tertiary/aromatic N) is 1. The van der Waals surface area contributed by atoms with Crippen LogP contribution in [-0.2, 0) is 16.6 Å². The van der Waals surface area contributed by atoms with E-state index in [9.17, 15) is 8.42 Å². The third-order valence-electron chi connectivity index (χ3n) is 3.80. The minimum absolute atomic E-state index is 0.161. The van der Waals surface area contributed by atoms with Gasteiger partial charge < -0.3 is 9.84 Å². The number of rotatable bonds is 6. The zero-order valence-corrected chi connectivity index (χ0v) is 12.9. The molecule has 6 nitrogen and oxygen atoms in total. The second kappa shape index (κ2) is 6.69. The first-order valence-electron chi connectivity index (χ1n) is 7.10. The molecule has 0 spiro atoms. The van der Waals surface area contributed by atoms with Gasteiger partial charge in [-0.05, 0) is 39.7 Å². The van der Waals surface area contributed by atoms with Gasteiger partial charge in [-0.3, -0.25) is 0 Å². The van der Waals surface area contributed by atoms with Crippen LogP contribution in [0.3, 0.4) is 0 Å². The molecular formula is C13H23N3O3S. The predicted octanol–water partition coefficient (Wildman–Crippen LogP) is 1.24. The number of hydrogen-bond donors (Lipinski definition) is 2. The molecular weight excluding hydrogens is 278 g/mol. The van der Waals surface area contributed by atoms with E-state index in [1.165, 1.54) is 12.8 Å². The molecule has 1 unspecified atom stereocenters. The average molecular weight is 301 g/mol. The minimum Gasteiger partial charge on any atom is -0.361 e. The first kappa shape index (κ1) is 15.5. The minimum atomic E-state index is -3.25. The summed E-state index contributed by atoms with van der Waals surface area (Å²) in [5.41, 5.74) is 1.56. The summed E-state index contributed by atoms with van der Waals surface area (Å²) in [5, 5.41) is 7.18. The molecule has 1 atom stereocenters. The highest BCUT2D eigenvalue weighted by Crippen LogP contribution is 2.13. The van der Waals surface area contributed by atoms with Crippen molar-refractivity contribution >= 4 is 10.0 Å². The van der Waals surface area contributed by atoms with E-state index >= 15 is 0 Å². The van der Waals surface area contributed by atoms with Gasteiger partial charge in [0.25, 0.3) is 0 Å². The Labute approximate surface area is 120 Å². The van der Waals surface area contributed by atoms with E-state index in [1.807, 2.05) is 6.92 Å². The molecule has 2 rings (SSSR count). The van der Waals surface area contributed by atoms with Crippen LogP contribution in [0.1, 0.15) is 42.7 Å². The predicted molar refractivity (Wildman–Crippen MR) is 76.9 cm³/mol. The van der Waals surface area contributed by atoms with Crippen LogP contribution < -0.4 is 10.0 Å². The third-order valence-corrected chi connectivity index (χ3v) is 5.15. The molecule has 0 amide bonds. The van der Waals surface area contributed by atoms with Crippen molar-refractivity contribution in [1.82, 2.24) is 15.2 Å². The second-order valence-corrected chi connectivity index (χ2v) is 7.30.